The summed E-state index contributed by atoms with van der Waals surface area (Å²) in [5.74, 6) is -3.37. The number of Topliss-reactive ketones (excluding diaryl/α,β-unsaturated/α-hetero) is 1. The van der Waals surface area contributed by atoms with Crippen molar-refractivity contribution in [3.05, 3.63) is 23.8 Å². The lowest BCUT2D eigenvalue weighted by Crippen LogP contribution is -2.70. The van der Waals surface area contributed by atoms with Gasteiger partial charge < -0.3 is 20.4 Å². The highest BCUT2D eigenvalue weighted by molar-refractivity contribution is 6.01. The van der Waals surface area contributed by atoms with Crippen LogP contribution in [-0.2, 0) is 9.59 Å². The third-order valence-electron chi connectivity index (χ3n) is 8.42. The van der Waals surface area contributed by atoms with Crippen LogP contribution in [-0.4, -0.2) is 68.2 Å². The van der Waals surface area contributed by atoms with Crippen LogP contribution in [0, 0.1) is 22.7 Å². The highest BCUT2D eigenvalue weighted by Gasteiger charge is 2.77. The minimum Gasteiger partial charge on any atom is -0.390 e. The highest BCUT2D eigenvalue weighted by Crippen LogP contribution is 2.69. The third-order valence-corrected chi connectivity index (χ3v) is 8.42. The van der Waals surface area contributed by atoms with Crippen LogP contribution in [0.25, 0.3) is 0 Å². The second kappa shape index (κ2) is 6.03. The summed E-state index contributed by atoms with van der Waals surface area (Å²) < 4.78 is 32.0. The zero-order valence-corrected chi connectivity index (χ0v) is 16.3. The number of aliphatic hydroxyl groups excluding tert-OH is 3. The lowest BCUT2D eigenvalue weighted by atomic mass is 9.44. The van der Waals surface area contributed by atoms with Gasteiger partial charge in [0.05, 0.1) is 12.2 Å². The zero-order chi connectivity index (χ0) is 21.6. The highest BCUT2D eigenvalue weighted by atomic mass is 19.1. The van der Waals surface area contributed by atoms with Crippen LogP contribution in [0.2, 0.25) is 0 Å². The van der Waals surface area contributed by atoms with Crippen molar-refractivity contribution < 1.29 is 38.8 Å². The number of halogens is 2. The quantitative estimate of drug-likeness (QED) is 0.527. The second-order valence-corrected chi connectivity index (χ2v) is 9.46. The van der Waals surface area contributed by atoms with E-state index in [-0.39, 0.29) is 24.8 Å². The van der Waals surface area contributed by atoms with Crippen molar-refractivity contribution in [1.82, 2.24) is 0 Å². The van der Waals surface area contributed by atoms with Gasteiger partial charge in [0, 0.05) is 16.7 Å². The van der Waals surface area contributed by atoms with E-state index >= 15 is 8.78 Å². The molecule has 0 aromatic rings. The Kier molecular flexibility index (Phi) is 4.32. The number of fused-ring (bicyclic) bond motifs is 5. The van der Waals surface area contributed by atoms with Gasteiger partial charge in [0.2, 0.25) is 0 Å². The van der Waals surface area contributed by atoms with Crippen LogP contribution in [0.15, 0.2) is 23.8 Å². The number of alkyl halides is 2. The first kappa shape index (κ1) is 20.8. The largest absolute Gasteiger partial charge is 0.390 e. The van der Waals surface area contributed by atoms with E-state index in [2.05, 4.69) is 0 Å². The van der Waals surface area contributed by atoms with Crippen molar-refractivity contribution in [3.63, 3.8) is 0 Å². The average molecular weight is 412 g/mol. The van der Waals surface area contributed by atoms with Gasteiger partial charge in [-0.15, -0.1) is 0 Å². The van der Waals surface area contributed by atoms with Crippen molar-refractivity contribution in [2.75, 3.05) is 6.61 Å². The zero-order valence-electron chi connectivity index (χ0n) is 16.3. The van der Waals surface area contributed by atoms with Gasteiger partial charge in [-0.25, -0.2) is 8.78 Å². The van der Waals surface area contributed by atoms with Gasteiger partial charge in [0.25, 0.3) is 0 Å². The molecule has 0 radical (unpaired) electrons. The molecule has 3 saturated carbocycles. The number of carbonyl (C=O) groups is 2. The first-order valence-corrected chi connectivity index (χ1v) is 9.88. The van der Waals surface area contributed by atoms with Gasteiger partial charge in [0.15, 0.2) is 22.8 Å². The number of rotatable bonds is 2. The van der Waals surface area contributed by atoms with Crippen molar-refractivity contribution in [2.24, 2.45) is 22.7 Å². The van der Waals surface area contributed by atoms with E-state index in [1.54, 1.807) is 0 Å². The van der Waals surface area contributed by atoms with Crippen LogP contribution in [0.3, 0.4) is 0 Å². The Morgan fingerprint density at radius 3 is 2.48 bits per heavy atom. The van der Waals surface area contributed by atoms with E-state index in [0.717, 1.165) is 12.2 Å². The van der Waals surface area contributed by atoms with Gasteiger partial charge in [-0.05, 0) is 49.8 Å². The standard InChI is InChI=1S/C21H26F2O6/c1-18-4-3-10(25)5-13(18)14(22)6-12-11-7-15(26)21(29,17(28)9-24)19(11,2)8-16(27)20(12,18)23/h3-5,11-12,14-16,24,26-27,29H,6-9H2,1-2H3/t11-,12-,14-,15+,16?,18-,19-,20-,21-/m0/s1. The Hall–Kier alpha value is -1.48. The van der Waals surface area contributed by atoms with E-state index in [9.17, 15) is 30.0 Å². The van der Waals surface area contributed by atoms with Gasteiger partial charge in [-0.2, -0.15) is 0 Å². The topological polar surface area (TPSA) is 115 Å². The molecule has 4 rings (SSSR count). The molecular weight excluding hydrogens is 386 g/mol. The molecule has 9 atom stereocenters. The molecule has 4 aliphatic rings. The number of ketones is 2. The summed E-state index contributed by atoms with van der Waals surface area (Å²) in [4.78, 5) is 24.2. The molecule has 0 aliphatic heterocycles. The molecular formula is C21H26F2O6. The molecule has 0 saturated heterocycles. The van der Waals surface area contributed by atoms with Crippen molar-refractivity contribution in [2.45, 2.75) is 62.8 Å². The Labute approximate surface area is 166 Å². The van der Waals surface area contributed by atoms with Crippen LogP contribution < -0.4 is 0 Å². The monoisotopic (exact) mass is 412 g/mol. The number of allylic oxidation sites excluding steroid dienone is 4. The number of hydrogen-bond acceptors (Lipinski definition) is 6. The van der Waals surface area contributed by atoms with Crippen LogP contribution >= 0.6 is 0 Å². The van der Waals surface area contributed by atoms with Crippen LogP contribution in [0.4, 0.5) is 8.78 Å². The van der Waals surface area contributed by atoms with Gasteiger partial charge >= 0.3 is 0 Å². The van der Waals surface area contributed by atoms with Crippen molar-refractivity contribution >= 4 is 11.6 Å². The first-order chi connectivity index (χ1) is 13.4. The minimum atomic E-state index is -2.37. The summed E-state index contributed by atoms with van der Waals surface area (Å²) in [7, 11) is 0. The molecule has 3 fully saturated rings. The Morgan fingerprint density at radius 1 is 1.21 bits per heavy atom. The first-order valence-electron chi connectivity index (χ1n) is 9.88. The number of carbonyl (C=O) groups excluding carboxylic acids is 2. The number of aliphatic hydroxyl groups is 4. The Bertz CT molecular complexity index is 841. The molecule has 0 amide bonds. The van der Waals surface area contributed by atoms with E-state index in [1.165, 1.54) is 19.9 Å². The molecule has 0 aromatic heterocycles. The Balaban J connectivity index is 1.87. The second-order valence-electron chi connectivity index (χ2n) is 9.46. The van der Waals surface area contributed by atoms with E-state index < -0.39 is 70.5 Å². The predicted molar refractivity (Wildman–Crippen MR) is 97.1 cm³/mol. The molecule has 1 unspecified atom stereocenters. The fourth-order valence-corrected chi connectivity index (χ4v) is 6.84. The minimum absolute atomic E-state index is 0.0216. The number of hydrogen-bond donors (Lipinski definition) is 4. The maximum Gasteiger partial charge on any atom is 0.192 e. The molecule has 8 heteroatoms. The summed E-state index contributed by atoms with van der Waals surface area (Å²) in [6.07, 6.45) is -2.21. The van der Waals surface area contributed by atoms with E-state index in [1.807, 2.05) is 0 Å². The normalized spacial score (nSPS) is 53.7. The molecule has 4 aliphatic carbocycles. The fraction of sp³-hybridized carbons (Fsp3) is 0.714. The molecule has 6 nitrogen and oxygen atoms in total. The molecule has 0 spiro atoms. The maximum atomic E-state index is 16.8. The third kappa shape index (κ3) is 2.18. The van der Waals surface area contributed by atoms with Gasteiger partial charge in [0.1, 0.15) is 12.8 Å². The molecule has 29 heavy (non-hydrogen) atoms. The Morgan fingerprint density at radius 2 is 1.86 bits per heavy atom. The van der Waals surface area contributed by atoms with E-state index in [4.69, 9.17) is 0 Å². The fourth-order valence-electron chi connectivity index (χ4n) is 6.84. The van der Waals surface area contributed by atoms with E-state index in [0.29, 0.717) is 0 Å². The predicted octanol–water partition coefficient (Wildman–Crippen LogP) is 0.569. The molecule has 4 N–H and O–H groups in total. The smallest absolute Gasteiger partial charge is 0.192 e. The summed E-state index contributed by atoms with van der Waals surface area (Å²) in [5.41, 5.74) is -7.76. The van der Waals surface area contributed by atoms with Crippen molar-refractivity contribution in [3.8, 4) is 0 Å². The summed E-state index contributed by atoms with van der Waals surface area (Å²) in [6, 6.07) is 0. The lowest BCUT2D eigenvalue weighted by Gasteiger charge is -2.62. The average Bonchev–Trinajstić information content (AvgIpc) is 2.86. The summed E-state index contributed by atoms with van der Waals surface area (Å²) in [5, 5.41) is 42.0. The summed E-state index contributed by atoms with van der Waals surface area (Å²) in [6.45, 7) is 1.91. The molecule has 0 aromatic carbocycles. The molecule has 0 heterocycles. The van der Waals surface area contributed by atoms with Crippen LogP contribution in [0.1, 0.15) is 33.1 Å². The maximum absolute atomic E-state index is 16.8. The lowest BCUT2D eigenvalue weighted by molar-refractivity contribution is -0.226. The SMILES string of the molecule is C[C@]12C=CC(=O)C=C1[C@@H](F)C[C@H]1[C@@H]3C[C@@H](O)[C@](O)(C(=O)CO)[C@@]3(C)CC(O)[C@@]12F. The molecule has 160 valence electrons. The molecule has 0 bridgehead atoms. The summed E-state index contributed by atoms with van der Waals surface area (Å²) >= 11 is 0. The van der Waals surface area contributed by atoms with Crippen LogP contribution in [0.5, 0.6) is 0 Å². The van der Waals surface area contributed by atoms with Crippen molar-refractivity contribution in [1.29, 1.82) is 0 Å². The van der Waals surface area contributed by atoms with Gasteiger partial charge in [-0.1, -0.05) is 13.0 Å². The van der Waals surface area contributed by atoms with Gasteiger partial charge in [-0.3, -0.25) is 9.59 Å².